The largest absolute Gasteiger partial charge is 0.493 e. The van der Waals surface area contributed by atoms with Gasteiger partial charge in [0, 0.05) is 0 Å². The molecule has 0 unspecified atom stereocenters. The Balaban J connectivity index is 3.53. The van der Waals surface area contributed by atoms with Gasteiger partial charge >= 0.3 is 0 Å². The molecule has 1 rings (SSSR count). The van der Waals surface area contributed by atoms with Crippen LogP contribution in [-0.4, -0.2) is 14.2 Å². The van der Waals surface area contributed by atoms with Crippen molar-refractivity contribution in [3.05, 3.63) is 22.8 Å². The first-order chi connectivity index (χ1) is 6.65. The van der Waals surface area contributed by atoms with E-state index in [-0.39, 0.29) is 0 Å². The molecule has 74 valence electrons. The molecule has 0 aliphatic rings. The zero-order valence-electron chi connectivity index (χ0n) is 8.84. The molecule has 0 N–H and O–H groups in total. The van der Waals surface area contributed by atoms with Crippen LogP contribution in [0.25, 0.3) is 0 Å². The average Bonchev–Trinajstić information content (AvgIpc) is 2.16. The van der Waals surface area contributed by atoms with Crippen LogP contribution in [0.15, 0.2) is 6.07 Å². The summed E-state index contributed by atoms with van der Waals surface area (Å²) in [4.78, 5) is 0. The summed E-state index contributed by atoms with van der Waals surface area (Å²) in [5.74, 6) is 1.15. The van der Waals surface area contributed by atoms with E-state index in [0.29, 0.717) is 17.1 Å². The van der Waals surface area contributed by atoms with Crippen molar-refractivity contribution in [2.24, 2.45) is 0 Å². The quantitative estimate of drug-likeness (QED) is 0.719. The molecule has 0 aliphatic carbocycles. The van der Waals surface area contributed by atoms with Crippen LogP contribution in [0.1, 0.15) is 16.7 Å². The van der Waals surface area contributed by atoms with Crippen molar-refractivity contribution in [1.82, 2.24) is 0 Å². The summed E-state index contributed by atoms with van der Waals surface area (Å²) in [6, 6.07) is 4.03. The van der Waals surface area contributed by atoms with Crippen molar-refractivity contribution in [2.45, 2.75) is 13.8 Å². The smallest absolute Gasteiger partial charge is 0.179 e. The number of nitrogens with zero attached hydrogens (tertiary/aromatic N) is 1. The molecule has 1 aromatic carbocycles. The minimum atomic E-state index is 0.521. The number of ether oxygens (including phenoxy) is 2. The van der Waals surface area contributed by atoms with Gasteiger partial charge in [-0.05, 0) is 25.0 Å². The van der Waals surface area contributed by atoms with Gasteiger partial charge in [0.1, 0.15) is 11.6 Å². The van der Waals surface area contributed by atoms with E-state index in [1.807, 2.05) is 19.9 Å². The van der Waals surface area contributed by atoms with E-state index in [9.17, 15) is 0 Å². The Hall–Kier alpha value is -1.69. The number of hydrogen-bond donors (Lipinski definition) is 0. The average molecular weight is 191 g/mol. The predicted octanol–water partition coefficient (Wildman–Crippen LogP) is 2.19. The molecule has 14 heavy (non-hydrogen) atoms. The van der Waals surface area contributed by atoms with Gasteiger partial charge in [-0.15, -0.1) is 0 Å². The van der Waals surface area contributed by atoms with Gasteiger partial charge in [-0.25, -0.2) is 0 Å². The molecule has 0 atom stereocenters. The second-order valence-electron chi connectivity index (χ2n) is 3.06. The molecule has 0 spiro atoms. The van der Waals surface area contributed by atoms with Crippen molar-refractivity contribution >= 4 is 0 Å². The zero-order valence-corrected chi connectivity index (χ0v) is 8.84. The summed E-state index contributed by atoms with van der Waals surface area (Å²) < 4.78 is 10.4. The van der Waals surface area contributed by atoms with E-state index >= 15 is 0 Å². The maximum absolute atomic E-state index is 8.96. The summed E-state index contributed by atoms with van der Waals surface area (Å²) >= 11 is 0. The molecule has 0 saturated carbocycles. The summed E-state index contributed by atoms with van der Waals surface area (Å²) in [5, 5.41) is 8.96. The first kappa shape index (κ1) is 10.4. The molecule has 0 saturated heterocycles. The predicted molar refractivity (Wildman–Crippen MR) is 53.7 cm³/mol. The minimum Gasteiger partial charge on any atom is -0.493 e. The number of nitriles is 1. The standard InChI is InChI=1S/C11H13NO2/c1-7-5-8(2)10(13-3)11(14-4)9(7)6-12/h5H,1-4H3. The Morgan fingerprint density at radius 1 is 1.07 bits per heavy atom. The third kappa shape index (κ3) is 1.51. The molecule has 0 radical (unpaired) electrons. The van der Waals surface area contributed by atoms with Crippen molar-refractivity contribution in [1.29, 1.82) is 5.26 Å². The molecule has 0 amide bonds. The van der Waals surface area contributed by atoms with Crippen LogP contribution >= 0.6 is 0 Å². The van der Waals surface area contributed by atoms with Crippen LogP contribution < -0.4 is 9.47 Å². The van der Waals surface area contributed by atoms with Crippen LogP contribution in [-0.2, 0) is 0 Å². The Morgan fingerprint density at radius 2 is 1.64 bits per heavy atom. The third-order valence-corrected chi connectivity index (χ3v) is 2.14. The van der Waals surface area contributed by atoms with Crippen LogP contribution in [0.4, 0.5) is 0 Å². The van der Waals surface area contributed by atoms with E-state index in [4.69, 9.17) is 14.7 Å². The van der Waals surface area contributed by atoms with Crippen LogP contribution in [0.2, 0.25) is 0 Å². The highest BCUT2D eigenvalue weighted by molar-refractivity contribution is 5.59. The first-order valence-electron chi connectivity index (χ1n) is 4.28. The van der Waals surface area contributed by atoms with Crippen LogP contribution in [0.5, 0.6) is 11.5 Å². The summed E-state index contributed by atoms with van der Waals surface area (Å²) in [6.45, 7) is 3.81. The van der Waals surface area contributed by atoms with Gasteiger partial charge in [0.15, 0.2) is 11.5 Å². The lowest BCUT2D eigenvalue weighted by atomic mass is 10.0. The maximum atomic E-state index is 8.96. The number of methoxy groups -OCH3 is 2. The van der Waals surface area contributed by atoms with Crippen LogP contribution in [0, 0.1) is 25.2 Å². The second-order valence-corrected chi connectivity index (χ2v) is 3.06. The number of hydrogen-bond acceptors (Lipinski definition) is 3. The highest BCUT2D eigenvalue weighted by Gasteiger charge is 2.15. The molecular weight excluding hydrogens is 178 g/mol. The van der Waals surface area contributed by atoms with E-state index in [1.165, 1.54) is 7.11 Å². The fraction of sp³-hybridized carbons (Fsp3) is 0.364. The summed E-state index contributed by atoms with van der Waals surface area (Å²) in [6.07, 6.45) is 0. The summed E-state index contributed by atoms with van der Waals surface area (Å²) in [7, 11) is 3.11. The third-order valence-electron chi connectivity index (χ3n) is 2.14. The van der Waals surface area contributed by atoms with Gasteiger partial charge in [-0.3, -0.25) is 0 Å². The van der Waals surface area contributed by atoms with E-state index in [2.05, 4.69) is 6.07 Å². The lowest BCUT2D eigenvalue weighted by Gasteiger charge is -2.13. The highest BCUT2D eigenvalue weighted by Crippen LogP contribution is 2.35. The SMILES string of the molecule is COc1c(C)cc(C)c(C#N)c1OC. The van der Waals surface area contributed by atoms with Gasteiger partial charge in [-0.2, -0.15) is 5.26 Å². The van der Waals surface area contributed by atoms with Gasteiger partial charge in [-0.1, -0.05) is 6.07 Å². The van der Waals surface area contributed by atoms with Gasteiger partial charge in [0.25, 0.3) is 0 Å². The topological polar surface area (TPSA) is 42.2 Å². The molecule has 3 heteroatoms. The molecule has 0 aromatic heterocycles. The second kappa shape index (κ2) is 4.01. The number of benzene rings is 1. The minimum absolute atomic E-state index is 0.521. The fourth-order valence-corrected chi connectivity index (χ4v) is 1.52. The van der Waals surface area contributed by atoms with E-state index in [1.54, 1.807) is 7.11 Å². The molecule has 1 aromatic rings. The van der Waals surface area contributed by atoms with E-state index < -0.39 is 0 Å². The molecule has 3 nitrogen and oxygen atoms in total. The van der Waals surface area contributed by atoms with Gasteiger partial charge in [0.2, 0.25) is 0 Å². The summed E-state index contributed by atoms with van der Waals surface area (Å²) in [5.41, 5.74) is 2.42. The molecule has 0 aliphatic heterocycles. The zero-order chi connectivity index (χ0) is 10.7. The Kier molecular flexibility index (Phi) is 2.98. The van der Waals surface area contributed by atoms with Crippen molar-refractivity contribution < 1.29 is 9.47 Å². The highest BCUT2D eigenvalue weighted by atomic mass is 16.5. The maximum Gasteiger partial charge on any atom is 0.179 e. The fourth-order valence-electron chi connectivity index (χ4n) is 1.52. The van der Waals surface area contributed by atoms with Crippen molar-refractivity contribution in [2.75, 3.05) is 14.2 Å². The Labute approximate surface area is 83.9 Å². The molecular formula is C11H13NO2. The molecule has 0 fully saturated rings. The monoisotopic (exact) mass is 191 g/mol. The lowest BCUT2D eigenvalue weighted by Crippen LogP contribution is -1.98. The first-order valence-corrected chi connectivity index (χ1v) is 4.28. The van der Waals surface area contributed by atoms with Crippen molar-refractivity contribution in [3.8, 4) is 17.6 Å². The molecule has 0 heterocycles. The van der Waals surface area contributed by atoms with Gasteiger partial charge in [0.05, 0.1) is 14.2 Å². The Bertz CT molecular complexity index is 391. The number of aryl methyl sites for hydroxylation is 2. The Morgan fingerprint density at radius 3 is 2.07 bits per heavy atom. The van der Waals surface area contributed by atoms with Gasteiger partial charge < -0.3 is 9.47 Å². The van der Waals surface area contributed by atoms with Crippen molar-refractivity contribution in [3.63, 3.8) is 0 Å². The number of rotatable bonds is 2. The van der Waals surface area contributed by atoms with E-state index in [0.717, 1.165) is 11.1 Å². The molecule has 0 bridgehead atoms. The van der Waals surface area contributed by atoms with Crippen LogP contribution in [0.3, 0.4) is 0 Å². The normalized spacial score (nSPS) is 9.36. The lowest BCUT2D eigenvalue weighted by molar-refractivity contribution is 0.352.